The number of aromatic nitrogens is 2. The molecule has 6 heteroatoms. The molecule has 24 heavy (non-hydrogen) atoms. The molecule has 0 spiro atoms. The molecule has 5 nitrogen and oxygen atoms in total. The molecule has 0 aliphatic heterocycles. The fraction of sp³-hybridized carbons (Fsp3) is 0.278. The van der Waals surface area contributed by atoms with Crippen molar-refractivity contribution >= 4 is 26.6 Å². The summed E-state index contributed by atoms with van der Waals surface area (Å²) in [5.74, 6) is 0. The van der Waals surface area contributed by atoms with Gasteiger partial charge < -0.3 is 0 Å². The van der Waals surface area contributed by atoms with Gasteiger partial charge in [0.05, 0.1) is 22.3 Å². The Bertz CT molecular complexity index is 1020. The molecule has 0 saturated heterocycles. The summed E-state index contributed by atoms with van der Waals surface area (Å²) in [6.07, 6.45) is 1.70. The summed E-state index contributed by atoms with van der Waals surface area (Å²) in [7, 11) is -3.67. The maximum Gasteiger partial charge on any atom is 0.262 e. The van der Waals surface area contributed by atoms with Crippen LogP contribution in [0.25, 0.3) is 10.9 Å². The summed E-state index contributed by atoms with van der Waals surface area (Å²) in [6.45, 7) is 9.68. The molecule has 2 N–H and O–H groups in total. The van der Waals surface area contributed by atoms with Crippen molar-refractivity contribution in [3.05, 3.63) is 52.2 Å². The summed E-state index contributed by atoms with van der Waals surface area (Å²) in [5, 5.41) is 7.74. The molecule has 0 aliphatic rings. The Morgan fingerprint density at radius 3 is 2.12 bits per heavy atom. The van der Waals surface area contributed by atoms with E-state index in [9.17, 15) is 8.42 Å². The lowest BCUT2D eigenvalue weighted by atomic mass is 9.95. The van der Waals surface area contributed by atoms with E-state index in [1.165, 1.54) is 0 Å². The van der Waals surface area contributed by atoms with Crippen LogP contribution in [0.15, 0.2) is 29.3 Å². The second-order valence-electron chi connectivity index (χ2n) is 6.23. The number of fused-ring (bicyclic) bond motifs is 1. The lowest BCUT2D eigenvalue weighted by molar-refractivity contribution is 0.599. The van der Waals surface area contributed by atoms with Gasteiger partial charge in [-0.05, 0) is 80.6 Å². The summed E-state index contributed by atoms with van der Waals surface area (Å²) in [4.78, 5) is 0.368. The molecule has 1 heterocycles. The number of nitrogens with zero attached hydrogens (tertiary/aromatic N) is 1. The number of anilines is 1. The van der Waals surface area contributed by atoms with Gasteiger partial charge in [-0.3, -0.25) is 9.82 Å². The average molecular weight is 343 g/mol. The predicted molar refractivity (Wildman–Crippen MR) is 97.0 cm³/mol. The molecule has 0 unspecified atom stereocenters. The number of nitrogens with one attached hydrogen (secondary N) is 2. The summed E-state index contributed by atoms with van der Waals surface area (Å²) in [6, 6.07) is 5.33. The molecule has 0 amide bonds. The van der Waals surface area contributed by atoms with E-state index in [-0.39, 0.29) is 0 Å². The number of rotatable bonds is 3. The first-order valence-electron chi connectivity index (χ1n) is 7.75. The maximum atomic E-state index is 13.0. The van der Waals surface area contributed by atoms with Crippen molar-refractivity contribution in [3.63, 3.8) is 0 Å². The van der Waals surface area contributed by atoms with E-state index < -0.39 is 10.0 Å². The van der Waals surface area contributed by atoms with Crippen LogP contribution in [0.5, 0.6) is 0 Å². The molecule has 0 bridgehead atoms. The zero-order valence-electron chi connectivity index (χ0n) is 14.5. The zero-order chi connectivity index (χ0) is 17.6. The normalized spacial score (nSPS) is 11.9. The van der Waals surface area contributed by atoms with Crippen LogP contribution in [0.2, 0.25) is 0 Å². The van der Waals surface area contributed by atoms with Crippen molar-refractivity contribution in [2.24, 2.45) is 0 Å². The molecular weight excluding hydrogens is 322 g/mol. The molecule has 0 saturated carbocycles. The van der Waals surface area contributed by atoms with Gasteiger partial charge in [0, 0.05) is 5.39 Å². The highest BCUT2D eigenvalue weighted by Crippen LogP contribution is 2.31. The second-order valence-corrected chi connectivity index (χ2v) is 7.85. The molecule has 3 rings (SSSR count). The molecular formula is C18H21N3O2S. The van der Waals surface area contributed by atoms with Gasteiger partial charge in [0.15, 0.2) is 0 Å². The van der Waals surface area contributed by atoms with E-state index in [2.05, 4.69) is 14.9 Å². The van der Waals surface area contributed by atoms with Crippen LogP contribution >= 0.6 is 0 Å². The van der Waals surface area contributed by atoms with E-state index >= 15 is 0 Å². The van der Waals surface area contributed by atoms with Crippen molar-refractivity contribution in [2.75, 3.05) is 4.72 Å². The summed E-state index contributed by atoms with van der Waals surface area (Å²) >= 11 is 0. The average Bonchev–Trinajstić information content (AvgIpc) is 2.98. The van der Waals surface area contributed by atoms with Gasteiger partial charge in [0.1, 0.15) is 0 Å². The Morgan fingerprint density at radius 2 is 1.50 bits per heavy atom. The van der Waals surface area contributed by atoms with E-state index in [4.69, 9.17) is 0 Å². The smallest absolute Gasteiger partial charge is 0.262 e. The Labute approximate surface area is 142 Å². The van der Waals surface area contributed by atoms with Crippen LogP contribution in [-0.2, 0) is 10.0 Å². The Balaban J connectivity index is 2.11. The number of H-pyrrole nitrogens is 1. The van der Waals surface area contributed by atoms with E-state index in [0.717, 1.165) is 38.7 Å². The van der Waals surface area contributed by atoms with Crippen LogP contribution < -0.4 is 4.72 Å². The maximum absolute atomic E-state index is 13.0. The number of aromatic amines is 1. The minimum atomic E-state index is -3.67. The Morgan fingerprint density at radius 1 is 0.917 bits per heavy atom. The monoisotopic (exact) mass is 343 g/mol. The second kappa shape index (κ2) is 5.63. The predicted octanol–water partition coefficient (Wildman–Crippen LogP) is 3.91. The highest BCUT2D eigenvalue weighted by atomic mass is 32.2. The lowest BCUT2D eigenvalue weighted by Crippen LogP contribution is -2.17. The minimum absolute atomic E-state index is 0.368. The molecule has 0 radical (unpaired) electrons. The van der Waals surface area contributed by atoms with Gasteiger partial charge in [-0.1, -0.05) is 0 Å². The summed E-state index contributed by atoms with van der Waals surface area (Å²) < 4.78 is 28.7. The van der Waals surface area contributed by atoms with Gasteiger partial charge in [-0.15, -0.1) is 0 Å². The Hall–Kier alpha value is -2.34. The third kappa shape index (κ3) is 2.57. The first-order valence-corrected chi connectivity index (χ1v) is 9.23. The molecule has 0 atom stereocenters. The van der Waals surface area contributed by atoms with Gasteiger partial charge in [-0.25, -0.2) is 8.42 Å². The largest absolute Gasteiger partial charge is 0.280 e. The highest BCUT2D eigenvalue weighted by molar-refractivity contribution is 7.92. The zero-order valence-corrected chi connectivity index (χ0v) is 15.3. The van der Waals surface area contributed by atoms with Crippen LogP contribution in [-0.4, -0.2) is 18.6 Å². The van der Waals surface area contributed by atoms with Gasteiger partial charge >= 0.3 is 0 Å². The number of benzene rings is 2. The van der Waals surface area contributed by atoms with Crippen LogP contribution in [0, 0.1) is 34.6 Å². The number of sulfonamides is 1. The van der Waals surface area contributed by atoms with Gasteiger partial charge in [0.25, 0.3) is 10.0 Å². The van der Waals surface area contributed by atoms with Crippen molar-refractivity contribution < 1.29 is 8.42 Å². The first kappa shape index (κ1) is 16.5. The third-order valence-electron chi connectivity index (χ3n) is 4.89. The molecule has 126 valence electrons. The fourth-order valence-electron chi connectivity index (χ4n) is 3.08. The topological polar surface area (TPSA) is 74.8 Å². The van der Waals surface area contributed by atoms with Crippen molar-refractivity contribution in [2.45, 2.75) is 39.5 Å². The molecule has 1 aromatic heterocycles. The van der Waals surface area contributed by atoms with Crippen molar-refractivity contribution in [1.29, 1.82) is 0 Å². The van der Waals surface area contributed by atoms with Gasteiger partial charge in [-0.2, -0.15) is 5.10 Å². The highest BCUT2D eigenvalue weighted by Gasteiger charge is 2.23. The SMILES string of the molecule is Cc1c(C)c(C)c(S(=O)(=O)Nc2ccc3cn[nH]c3c2)c(C)c1C. The van der Waals surface area contributed by atoms with E-state index in [0.29, 0.717) is 10.6 Å². The van der Waals surface area contributed by atoms with Gasteiger partial charge in [0.2, 0.25) is 0 Å². The fourth-order valence-corrected chi connectivity index (χ4v) is 4.73. The van der Waals surface area contributed by atoms with E-state index in [1.54, 1.807) is 18.3 Å². The quantitative estimate of drug-likeness (QED) is 0.757. The minimum Gasteiger partial charge on any atom is -0.280 e. The third-order valence-corrected chi connectivity index (χ3v) is 6.55. The van der Waals surface area contributed by atoms with E-state index in [1.807, 2.05) is 40.7 Å². The molecule has 2 aromatic carbocycles. The van der Waals surface area contributed by atoms with Crippen LogP contribution in [0.1, 0.15) is 27.8 Å². The first-order chi connectivity index (χ1) is 11.2. The van der Waals surface area contributed by atoms with Crippen LogP contribution in [0.3, 0.4) is 0 Å². The molecule has 3 aromatic rings. The lowest BCUT2D eigenvalue weighted by Gasteiger charge is -2.19. The molecule has 0 fully saturated rings. The standard InChI is InChI=1S/C18H21N3O2S/c1-10-11(2)13(4)18(14(5)12(10)3)24(22,23)21-16-7-6-15-9-19-20-17(15)8-16/h6-9,21H,1-5H3,(H,19,20). The molecule has 0 aliphatic carbocycles. The summed E-state index contributed by atoms with van der Waals surface area (Å²) in [5.41, 5.74) is 6.07. The Kier molecular flexibility index (Phi) is 3.87. The number of hydrogen-bond donors (Lipinski definition) is 2. The van der Waals surface area contributed by atoms with Crippen molar-refractivity contribution in [1.82, 2.24) is 10.2 Å². The number of hydrogen-bond acceptors (Lipinski definition) is 3. The van der Waals surface area contributed by atoms with Crippen molar-refractivity contribution in [3.8, 4) is 0 Å². The van der Waals surface area contributed by atoms with Crippen LogP contribution in [0.4, 0.5) is 5.69 Å².